The van der Waals surface area contributed by atoms with Crippen LogP contribution in [0.25, 0.3) is 71.4 Å². The molecule has 2 aromatic heterocycles. The summed E-state index contributed by atoms with van der Waals surface area (Å²) in [6.45, 7) is 4.51. The van der Waals surface area contributed by atoms with E-state index in [1.54, 1.807) is 0 Å². The second-order valence-electron chi connectivity index (χ2n) is 17.4. The van der Waals surface area contributed by atoms with Crippen molar-refractivity contribution >= 4 is 88.7 Å². The molecule has 4 heterocycles. The minimum Gasteiger partial charge on any atom is -0.455 e. The van der Waals surface area contributed by atoms with Crippen LogP contribution in [0.5, 0.6) is 0 Å². The summed E-state index contributed by atoms with van der Waals surface area (Å²) in [6, 6.07) is 60.2. The zero-order valence-corrected chi connectivity index (χ0v) is 36.6. The third kappa shape index (κ3) is 6.48. The number of hydrogen-bond acceptors (Lipinski definition) is 5. The smallest absolute Gasteiger partial charge is 0.163 e. The summed E-state index contributed by atoms with van der Waals surface area (Å²) < 4.78 is 9.33. The molecule has 8 aromatic carbocycles. The number of allylic oxidation sites excluding steroid dienone is 8. The van der Waals surface area contributed by atoms with Crippen LogP contribution in [0, 0.1) is 0 Å². The van der Waals surface area contributed by atoms with Crippen molar-refractivity contribution in [2.24, 2.45) is 9.98 Å². The van der Waals surface area contributed by atoms with E-state index < -0.39 is 6.17 Å². The average molecular weight is 862 g/mol. The van der Waals surface area contributed by atoms with Crippen molar-refractivity contribution in [3.63, 3.8) is 0 Å². The molecule has 0 bridgehead atoms. The van der Waals surface area contributed by atoms with Gasteiger partial charge in [-0.3, -0.25) is 0 Å². The van der Waals surface area contributed by atoms with Gasteiger partial charge < -0.3 is 19.2 Å². The Morgan fingerprint density at radius 2 is 1.39 bits per heavy atom. The van der Waals surface area contributed by atoms with Gasteiger partial charge in [-0.05, 0) is 101 Å². The van der Waals surface area contributed by atoms with E-state index in [2.05, 4.69) is 222 Å². The Hall–Kier alpha value is -8.74. The van der Waals surface area contributed by atoms with Gasteiger partial charge in [0.25, 0.3) is 0 Å². The van der Waals surface area contributed by atoms with E-state index in [1.165, 1.54) is 16.5 Å². The zero-order valence-electron chi connectivity index (χ0n) is 36.6. The van der Waals surface area contributed by atoms with Crippen molar-refractivity contribution in [2.75, 3.05) is 4.90 Å². The molecule has 3 aliphatic rings. The highest BCUT2D eigenvalue weighted by atomic mass is 16.3. The number of benzene rings is 8. The molecular formula is C61H43N5O. The summed E-state index contributed by atoms with van der Waals surface area (Å²) >= 11 is 0. The Labute approximate surface area is 387 Å². The SMILES string of the molecule is C=C1/C=C\C=C/N(c2ccc(C3=NC(c4cccc5c4c4ccccc4n5-c4ccccc4)NC(c4ccc(C5=CC=CCC5)cc4)=N3)c3oc4ccccc4c23)c2cc3ccccc3cc21. The largest absolute Gasteiger partial charge is 0.455 e. The third-order valence-corrected chi connectivity index (χ3v) is 13.4. The monoisotopic (exact) mass is 861 g/mol. The third-order valence-electron chi connectivity index (χ3n) is 13.4. The zero-order chi connectivity index (χ0) is 44.4. The second kappa shape index (κ2) is 15.8. The highest BCUT2D eigenvalue weighted by molar-refractivity contribution is 6.23. The first-order valence-electron chi connectivity index (χ1n) is 22.9. The number of fused-ring (bicyclic) bond motifs is 8. The molecule has 0 saturated carbocycles. The van der Waals surface area contributed by atoms with Crippen LogP contribution in [-0.2, 0) is 0 Å². The Bertz CT molecular complexity index is 3860. The van der Waals surface area contributed by atoms with Crippen LogP contribution in [0.1, 0.15) is 46.8 Å². The van der Waals surface area contributed by atoms with E-state index >= 15 is 0 Å². The van der Waals surface area contributed by atoms with Crippen molar-refractivity contribution in [3.05, 3.63) is 247 Å². The van der Waals surface area contributed by atoms with Gasteiger partial charge in [0.05, 0.1) is 33.4 Å². The fourth-order valence-electron chi connectivity index (χ4n) is 10.3. The summed E-state index contributed by atoms with van der Waals surface area (Å²) in [5, 5.41) is 10.5. The van der Waals surface area contributed by atoms with Gasteiger partial charge in [-0.25, -0.2) is 9.98 Å². The molecule has 10 aromatic rings. The number of nitrogens with zero attached hydrogens (tertiary/aromatic N) is 4. The van der Waals surface area contributed by atoms with E-state index in [0.717, 1.165) is 113 Å². The van der Waals surface area contributed by atoms with E-state index in [-0.39, 0.29) is 0 Å². The Kier molecular flexibility index (Phi) is 9.10. The van der Waals surface area contributed by atoms with Gasteiger partial charge in [0, 0.05) is 44.7 Å². The molecule has 2 aliphatic heterocycles. The standard InChI is InChI=1S/C61H43N5O/c1-39-17-14-15-36-65(54-38-44-21-9-8-20-43(44)37-50(39)54)52-35-34-49(58-57(52)47-25-11-13-29-55(47)67-58)61-63-59(42-32-30-41(31-33-42)40-18-4-2-5-19-40)62-60(64-61)48-26-16-28-53-56(48)46-24-10-12-27-51(46)66(53)45-22-6-3-7-23-45/h2-4,6-18,20-38,60H,1,5,19H2,(H,62,63,64)/b17-14-,36-15-. The van der Waals surface area contributed by atoms with Crippen LogP contribution in [-0.4, -0.2) is 16.2 Å². The lowest BCUT2D eigenvalue weighted by atomic mass is 9.96. The number of nitrogens with one attached hydrogen (secondary N) is 1. The Morgan fingerprint density at radius 1 is 0.627 bits per heavy atom. The minimum absolute atomic E-state index is 0.485. The van der Waals surface area contributed by atoms with E-state index in [0.29, 0.717) is 5.84 Å². The van der Waals surface area contributed by atoms with Gasteiger partial charge >= 0.3 is 0 Å². The van der Waals surface area contributed by atoms with Crippen molar-refractivity contribution in [2.45, 2.75) is 19.0 Å². The molecule has 67 heavy (non-hydrogen) atoms. The van der Waals surface area contributed by atoms with Crippen molar-refractivity contribution in [3.8, 4) is 5.69 Å². The minimum atomic E-state index is -0.485. The van der Waals surface area contributed by atoms with E-state index in [4.69, 9.17) is 14.4 Å². The van der Waals surface area contributed by atoms with Crippen LogP contribution in [0.2, 0.25) is 0 Å². The second-order valence-corrected chi connectivity index (χ2v) is 17.4. The number of furan rings is 1. The van der Waals surface area contributed by atoms with Crippen molar-refractivity contribution < 1.29 is 4.42 Å². The number of hydrogen-bond donors (Lipinski definition) is 1. The molecular weight excluding hydrogens is 819 g/mol. The number of amidine groups is 2. The normalized spacial score (nSPS) is 17.0. The van der Waals surface area contributed by atoms with Gasteiger partial charge in [-0.2, -0.15) is 0 Å². The molecule has 1 N–H and O–H groups in total. The summed E-state index contributed by atoms with van der Waals surface area (Å²) in [5.74, 6) is 1.34. The Balaban J connectivity index is 1.03. The molecule has 0 amide bonds. The quantitative estimate of drug-likeness (QED) is 0.181. The summed E-state index contributed by atoms with van der Waals surface area (Å²) in [4.78, 5) is 13.3. The van der Waals surface area contributed by atoms with Gasteiger partial charge in [0.2, 0.25) is 0 Å². The maximum Gasteiger partial charge on any atom is 0.163 e. The molecule has 0 saturated heterocycles. The molecule has 0 fully saturated rings. The number of aromatic nitrogens is 1. The molecule has 1 aliphatic carbocycles. The van der Waals surface area contributed by atoms with Crippen LogP contribution in [0.4, 0.5) is 11.4 Å². The first-order valence-corrected chi connectivity index (χ1v) is 22.9. The first kappa shape index (κ1) is 38.7. The van der Waals surface area contributed by atoms with Crippen LogP contribution in [0.15, 0.2) is 233 Å². The fourth-order valence-corrected chi connectivity index (χ4v) is 10.3. The topological polar surface area (TPSA) is 58.1 Å². The average Bonchev–Trinajstić information content (AvgIpc) is 3.95. The maximum absolute atomic E-state index is 6.98. The summed E-state index contributed by atoms with van der Waals surface area (Å²) in [7, 11) is 0. The van der Waals surface area contributed by atoms with E-state index in [1.807, 2.05) is 12.1 Å². The molecule has 6 heteroatoms. The van der Waals surface area contributed by atoms with Crippen molar-refractivity contribution in [1.29, 1.82) is 0 Å². The van der Waals surface area contributed by atoms with Gasteiger partial charge in [0.1, 0.15) is 23.2 Å². The maximum atomic E-state index is 6.98. The Morgan fingerprint density at radius 3 is 2.24 bits per heavy atom. The number of aliphatic imine (C=N–C) groups is 2. The molecule has 13 rings (SSSR count). The number of rotatable bonds is 6. The van der Waals surface area contributed by atoms with Crippen LogP contribution >= 0.6 is 0 Å². The molecule has 1 unspecified atom stereocenters. The fraction of sp³-hybridized carbons (Fsp3) is 0.0492. The van der Waals surface area contributed by atoms with Crippen LogP contribution in [0.3, 0.4) is 0 Å². The summed E-state index contributed by atoms with van der Waals surface area (Å²) in [6.07, 6.45) is 16.5. The van der Waals surface area contributed by atoms with Gasteiger partial charge in [-0.1, -0.05) is 152 Å². The first-order chi connectivity index (χ1) is 33.1. The number of para-hydroxylation sites is 3. The highest BCUT2D eigenvalue weighted by Gasteiger charge is 2.29. The predicted octanol–water partition coefficient (Wildman–Crippen LogP) is 15.3. The lowest BCUT2D eigenvalue weighted by Crippen LogP contribution is -2.33. The van der Waals surface area contributed by atoms with Gasteiger partial charge in [0.15, 0.2) is 5.84 Å². The molecule has 6 nitrogen and oxygen atoms in total. The van der Waals surface area contributed by atoms with Crippen LogP contribution < -0.4 is 10.2 Å². The lowest BCUT2D eigenvalue weighted by molar-refractivity contribution is 0.664. The predicted molar refractivity (Wildman–Crippen MR) is 280 cm³/mol. The van der Waals surface area contributed by atoms with E-state index in [9.17, 15) is 0 Å². The lowest BCUT2D eigenvalue weighted by Gasteiger charge is -2.27. The molecule has 0 radical (unpaired) electrons. The molecule has 0 spiro atoms. The number of anilines is 2. The highest BCUT2D eigenvalue weighted by Crippen LogP contribution is 2.45. The van der Waals surface area contributed by atoms with Gasteiger partial charge in [-0.15, -0.1) is 0 Å². The molecule has 318 valence electrons. The summed E-state index contributed by atoms with van der Waals surface area (Å²) in [5.41, 5.74) is 14.3. The van der Waals surface area contributed by atoms with Crippen molar-refractivity contribution in [1.82, 2.24) is 9.88 Å². The molecule has 1 atom stereocenters.